The molecule has 0 amide bonds. The van der Waals surface area contributed by atoms with E-state index in [1.807, 2.05) is 6.92 Å². The number of hydrogen-bond donors (Lipinski definition) is 1. The number of esters is 2. The molecule has 0 aliphatic carbocycles. The molecule has 118 valence electrons. The van der Waals surface area contributed by atoms with Crippen molar-refractivity contribution >= 4 is 17.8 Å². The summed E-state index contributed by atoms with van der Waals surface area (Å²) in [4.78, 5) is 23.6. The second kappa shape index (κ2) is 7.61. The van der Waals surface area contributed by atoms with Crippen molar-refractivity contribution in [2.24, 2.45) is 0 Å². The number of unbranched alkanes of at least 4 members (excludes halogenated alkanes) is 1. The minimum atomic E-state index is -0.755. The van der Waals surface area contributed by atoms with Crippen LogP contribution in [-0.2, 0) is 14.3 Å². The first kappa shape index (κ1) is 16.9. The molecule has 1 atom stereocenters. The quantitative estimate of drug-likeness (QED) is 0.597. The number of nitrogens with zero attached hydrogens (tertiary/aromatic N) is 3. The van der Waals surface area contributed by atoms with Crippen LogP contribution >= 0.6 is 0 Å². The summed E-state index contributed by atoms with van der Waals surface area (Å²) in [5.74, 6) is -1.15. The van der Waals surface area contributed by atoms with E-state index in [1.54, 1.807) is 20.8 Å². The zero-order chi connectivity index (χ0) is 16.0. The van der Waals surface area contributed by atoms with Crippen LogP contribution < -0.4 is 5.73 Å². The van der Waals surface area contributed by atoms with E-state index in [4.69, 9.17) is 15.2 Å². The summed E-state index contributed by atoms with van der Waals surface area (Å²) in [6, 6.07) is -0.755. The fourth-order valence-corrected chi connectivity index (χ4v) is 1.54. The van der Waals surface area contributed by atoms with Crippen LogP contribution in [0.3, 0.4) is 0 Å². The van der Waals surface area contributed by atoms with E-state index < -0.39 is 18.0 Å². The van der Waals surface area contributed by atoms with Gasteiger partial charge in [-0.3, -0.25) is 0 Å². The summed E-state index contributed by atoms with van der Waals surface area (Å²) >= 11 is 0. The maximum Gasteiger partial charge on any atom is 0.363 e. The van der Waals surface area contributed by atoms with E-state index in [2.05, 4.69) is 10.3 Å². The molecule has 0 aliphatic heterocycles. The molecule has 1 aromatic rings. The SMILES string of the molecule is CCCCOC(=O)C(C)n1nnc(C(=O)OC(C)C)c1N. The molecule has 8 heteroatoms. The third-order valence-corrected chi connectivity index (χ3v) is 2.72. The Labute approximate surface area is 123 Å². The Morgan fingerprint density at radius 3 is 2.57 bits per heavy atom. The van der Waals surface area contributed by atoms with Gasteiger partial charge in [-0.05, 0) is 27.2 Å². The number of ether oxygens (including phenoxy) is 2. The first-order valence-electron chi connectivity index (χ1n) is 6.96. The largest absolute Gasteiger partial charge is 0.464 e. The van der Waals surface area contributed by atoms with Crippen LogP contribution in [0.1, 0.15) is 57.1 Å². The number of carbonyl (C=O) groups excluding carboxylic acids is 2. The molecule has 0 radical (unpaired) electrons. The lowest BCUT2D eigenvalue weighted by Crippen LogP contribution is -2.22. The molecule has 0 saturated carbocycles. The monoisotopic (exact) mass is 298 g/mol. The molecule has 21 heavy (non-hydrogen) atoms. The van der Waals surface area contributed by atoms with Crippen molar-refractivity contribution in [3.63, 3.8) is 0 Å². The second-order valence-corrected chi connectivity index (χ2v) is 4.92. The van der Waals surface area contributed by atoms with Crippen LogP contribution in [0.2, 0.25) is 0 Å². The third-order valence-electron chi connectivity index (χ3n) is 2.72. The molecule has 0 aliphatic rings. The van der Waals surface area contributed by atoms with Crippen LogP contribution in [0.5, 0.6) is 0 Å². The number of hydrogen-bond acceptors (Lipinski definition) is 7. The molecule has 2 N–H and O–H groups in total. The normalized spacial score (nSPS) is 12.2. The van der Waals surface area contributed by atoms with Crippen molar-refractivity contribution in [2.75, 3.05) is 12.3 Å². The highest BCUT2D eigenvalue weighted by Gasteiger charge is 2.26. The van der Waals surface area contributed by atoms with E-state index in [9.17, 15) is 9.59 Å². The zero-order valence-electron chi connectivity index (χ0n) is 12.8. The number of nitrogens with two attached hydrogens (primary N) is 1. The highest BCUT2D eigenvalue weighted by atomic mass is 16.5. The summed E-state index contributed by atoms with van der Waals surface area (Å²) in [5.41, 5.74) is 5.70. The maximum absolute atomic E-state index is 11.8. The highest BCUT2D eigenvalue weighted by Crippen LogP contribution is 2.17. The first-order chi connectivity index (χ1) is 9.88. The van der Waals surface area contributed by atoms with Crippen molar-refractivity contribution in [2.45, 2.75) is 52.7 Å². The number of rotatable bonds is 7. The Morgan fingerprint density at radius 2 is 2.00 bits per heavy atom. The molecule has 0 saturated heterocycles. The summed E-state index contributed by atoms with van der Waals surface area (Å²) < 4.78 is 11.2. The third kappa shape index (κ3) is 4.44. The van der Waals surface area contributed by atoms with Gasteiger partial charge in [0, 0.05) is 0 Å². The van der Waals surface area contributed by atoms with Gasteiger partial charge in [0.05, 0.1) is 12.7 Å². The highest BCUT2D eigenvalue weighted by molar-refractivity contribution is 5.92. The molecule has 1 unspecified atom stereocenters. The molecule has 0 bridgehead atoms. The van der Waals surface area contributed by atoms with Gasteiger partial charge in [0.15, 0.2) is 11.9 Å². The molecule has 8 nitrogen and oxygen atoms in total. The van der Waals surface area contributed by atoms with Crippen molar-refractivity contribution in [3.8, 4) is 0 Å². The molecular weight excluding hydrogens is 276 g/mol. The van der Waals surface area contributed by atoms with E-state index in [-0.39, 0.29) is 17.6 Å². The van der Waals surface area contributed by atoms with Gasteiger partial charge in [0.2, 0.25) is 5.69 Å². The molecule has 1 aromatic heterocycles. The predicted octanol–water partition coefficient (Wildman–Crippen LogP) is 1.33. The number of aromatic nitrogens is 3. The Balaban J connectivity index is 2.78. The number of anilines is 1. The topological polar surface area (TPSA) is 109 Å². The average Bonchev–Trinajstić information content (AvgIpc) is 2.79. The van der Waals surface area contributed by atoms with Crippen LogP contribution in [-0.4, -0.2) is 39.6 Å². The maximum atomic E-state index is 11.8. The Kier molecular flexibility index (Phi) is 6.13. The standard InChI is InChI=1S/C13H22N4O4/c1-5-6-7-20-12(18)9(4)17-11(14)10(15-16-17)13(19)21-8(2)3/h8-9H,5-7,14H2,1-4H3. The fourth-order valence-electron chi connectivity index (χ4n) is 1.54. The lowest BCUT2D eigenvalue weighted by Gasteiger charge is -2.12. The lowest BCUT2D eigenvalue weighted by atomic mass is 10.3. The van der Waals surface area contributed by atoms with Crippen molar-refractivity contribution in [1.29, 1.82) is 0 Å². The molecule has 1 rings (SSSR count). The molecule has 0 fully saturated rings. The van der Waals surface area contributed by atoms with Crippen LogP contribution in [0, 0.1) is 0 Å². The van der Waals surface area contributed by atoms with Crippen molar-refractivity contribution in [3.05, 3.63) is 5.69 Å². The molecular formula is C13H22N4O4. The smallest absolute Gasteiger partial charge is 0.363 e. The minimum absolute atomic E-state index is 0.0133. The summed E-state index contributed by atoms with van der Waals surface area (Å²) in [6.45, 7) is 7.35. The number of nitrogen functional groups attached to an aromatic ring is 1. The van der Waals surface area contributed by atoms with Gasteiger partial charge in [-0.15, -0.1) is 5.10 Å². The van der Waals surface area contributed by atoms with E-state index >= 15 is 0 Å². The van der Waals surface area contributed by atoms with Gasteiger partial charge in [-0.25, -0.2) is 14.3 Å². The molecule has 0 aromatic carbocycles. The Bertz CT molecular complexity index is 498. The lowest BCUT2D eigenvalue weighted by molar-refractivity contribution is -0.147. The predicted molar refractivity (Wildman–Crippen MR) is 75.6 cm³/mol. The molecule has 0 spiro atoms. The summed E-state index contributed by atoms with van der Waals surface area (Å²) in [5, 5.41) is 7.41. The van der Waals surface area contributed by atoms with Gasteiger partial charge >= 0.3 is 11.9 Å². The van der Waals surface area contributed by atoms with Gasteiger partial charge < -0.3 is 15.2 Å². The minimum Gasteiger partial charge on any atom is -0.464 e. The van der Waals surface area contributed by atoms with E-state index in [0.29, 0.717) is 6.61 Å². The van der Waals surface area contributed by atoms with E-state index in [0.717, 1.165) is 17.5 Å². The van der Waals surface area contributed by atoms with Crippen molar-refractivity contribution in [1.82, 2.24) is 15.0 Å². The van der Waals surface area contributed by atoms with Crippen molar-refractivity contribution < 1.29 is 19.1 Å². The van der Waals surface area contributed by atoms with Crippen LogP contribution in [0.4, 0.5) is 5.82 Å². The fraction of sp³-hybridized carbons (Fsp3) is 0.692. The first-order valence-corrected chi connectivity index (χ1v) is 6.96. The summed E-state index contributed by atoms with van der Waals surface area (Å²) in [6.07, 6.45) is 1.42. The van der Waals surface area contributed by atoms with Gasteiger partial charge in [-0.2, -0.15) is 0 Å². The average molecular weight is 298 g/mol. The summed E-state index contributed by atoms with van der Waals surface area (Å²) in [7, 11) is 0. The van der Waals surface area contributed by atoms with Gasteiger partial charge in [-0.1, -0.05) is 18.6 Å². The van der Waals surface area contributed by atoms with Crippen LogP contribution in [0.15, 0.2) is 0 Å². The van der Waals surface area contributed by atoms with E-state index in [1.165, 1.54) is 0 Å². The van der Waals surface area contributed by atoms with Gasteiger partial charge in [0.25, 0.3) is 0 Å². The second-order valence-electron chi connectivity index (χ2n) is 4.92. The zero-order valence-corrected chi connectivity index (χ0v) is 12.8. The molecule has 1 heterocycles. The Morgan fingerprint density at radius 1 is 1.33 bits per heavy atom. The van der Waals surface area contributed by atoms with Crippen LogP contribution in [0.25, 0.3) is 0 Å². The Hall–Kier alpha value is -2.12. The van der Waals surface area contributed by atoms with Gasteiger partial charge in [0.1, 0.15) is 0 Å². The number of carbonyl (C=O) groups is 2.